The molecule has 1 unspecified atom stereocenters. The van der Waals surface area contributed by atoms with Crippen LogP contribution >= 0.6 is 0 Å². The number of carbonyl (C=O) groups is 2. The van der Waals surface area contributed by atoms with E-state index in [4.69, 9.17) is 9.47 Å². The Labute approximate surface area is 169 Å². The van der Waals surface area contributed by atoms with Crippen LogP contribution in [0.15, 0.2) is 59.5 Å². The van der Waals surface area contributed by atoms with E-state index < -0.39 is 22.8 Å². The van der Waals surface area contributed by atoms with Crippen LogP contribution in [0.4, 0.5) is 5.69 Å². The molecule has 0 N–H and O–H groups in total. The van der Waals surface area contributed by atoms with E-state index in [2.05, 4.69) is 6.58 Å². The number of nitrogens with zero attached hydrogens (tertiary/aromatic N) is 2. The summed E-state index contributed by atoms with van der Waals surface area (Å²) >= 11 is 0. The Morgan fingerprint density at radius 2 is 1.79 bits per heavy atom. The summed E-state index contributed by atoms with van der Waals surface area (Å²) < 4.78 is 10.5. The van der Waals surface area contributed by atoms with Gasteiger partial charge in [-0.1, -0.05) is 24.8 Å². The average Bonchev–Trinajstić information content (AvgIpc) is 2.70. The molecule has 2 rings (SSSR count). The lowest BCUT2D eigenvalue weighted by atomic mass is 9.79. The third-order valence-electron chi connectivity index (χ3n) is 4.83. The standard InChI is InChI=1S/C21H24N2O6/c1-6-11-29-21(25)18-14(4)22(5)13(3)17(20(24)28-7-2)19(18)15-9-8-10-16(12-15)23(26)27/h6,8-10,12,19H,1,7,11H2,2-5H3. The first-order chi connectivity index (χ1) is 13.7. The Morgan fingerprint density at radius 3 is 2.31 bits per heavy atom. The number of carbonyl (C=O) groups excluding carboxylic acids is 2. The molecule has 0 saturated heterocycles. The average molecular weight is 400 g/mol. The van der Waals surface area contributed by atoms with Crippen molar-refractivity contribution < 1.29 is 24.0 Å². The lowest BCUT2D eigenvalue weighted by Gasteiger charge is -2.35. The van der Waals surface area contributed by atoms with Gasteiger partial charge in [-0.3, -0.25) is 10.1 Å². The number of esters is 2. The minimum Gasteiger partial charge on any atom is -0.463 e. The maximum absolute atomic E-state index is 12.9. The van der Waals surface area contributed by atoms with Crippen LogP contribution in [0, 0.1) is 10.1 Å². The molecule has 0 aromatic heterocycles. The maximum Gasteiger partial charge on any atom is 0.337 e. The van der Waals surface area contributed by atoms with Crippen LogP contribution in [0.3, 0.4) is 0 Å². The van der Waals surface area contributed by atoms with Gasteiger partial charge in [-0.05, 0) is 26.3 Å². The molecule has 8 nitrogen and oxygen atoms in total. The van der Waals surface area contributed by atoms with Gasteiger partial charge in [0.15, 0.2) is 0 Å². The fraction of sp³-hybridized carbons (Fsp3) is 0.333. The monoisotopic (exact) mass is 400 g/mol. The maximum atomic E-state index is 12.9. The molecule has 0 bridgehead atoms. The quantitative estimate of drug-likeness (QED) is 0.299. The molecular weight excluding hydrogens is 376 g/mol. The van der Waals surface area contributed by atoms with Crippen molar-refractivity contribution in [2.45, 2.75) is 26.7 Å². The zero-order valence-corrected chi connectivity index (χ0v) is 16.9. The van der Waals surface area contributed by atoms with E-state index in [1.807, 2.05) is 0 Å². The summed E-state index contributed by atoms with van der Waals surface area (Å²) in [5.41, 5.74) is 1.94. The van der Waals surface area contributed by atoms with Gasteiger partial charge in [0.1, 0.15) is 6.61 Å². The summed E-state index contributed by atoms with van der Waals surface area (Å²) in [6, 6.07) is 5.87. The molecular formula is C21H24N2O6. The summed E-state index contributed by atoms with van der Waals surface area (Å²) in [5, 5.41) is 11.3. The molecule has 1 aromatic rings. The van der Waals surface area contributed by atoms with E-state index >= 15 is 0 Å². The number of hydrogen-bond donors (Lipinski definition) is 0. The minimum absolute atomic E-state index is 0.00157. The normalized spacial score (nSPS) is 16.6. The number of allylic oxidation sites excluding steroid dienone is 2. The third kappa shape index (κ3) is 4.37. The van der Waals surface area contributed by atoms with Crippen molar-refractivity contribution in [1.82, 2.24) is 4.90 Å². The molecule has 1 aromatic carbocycles. The number of hydrogen-bond acceptors (Lipinski definition) is 7. The lowest BCUT2D eigenvalue weighted by molar-refractivity contribution is -0.384. The van der Waals surface area contributed by atoms with Crippen LogP contribution in [0.1, 0.15) is 32.3 Å². The Morgan fingerprint density at radius 1 is 1.21 bits per heavy atom. The molecule has 1 atom stereocenters. The van der Waals surface area contributed by atoms with Crippen molar-refractivity contribution >= 4 is 17.6 Å². The predicted octanol–water partition coefficient (Wildman–Crippen LogP) is 3.46. The van der Waals surface area contributed by atoms with E-state index in [9.17, 15) is 19.7 Å². The van der Waals surface area contributed by atoms with Crippen molar-refractivity contribution in [3.8, 4) is 0 Å². The highest BCUT2D eigenvalue weighted by Gasteiger charge is 2.40. The van der Waals surface area contributed by atoms with Crippen LogP contribution < -0.4 is 0 Å². The largest absolute Gasteiger partial charge is 0.463 e. The highest BCUT2D eigenvalue weighted by atomic mass is 16.6. The Kier molecular flexibility index (Phi) is 6.93. The van der Waals surface area contributed by atoms with E-state index in [1.165, 1.54) is 24.3 Å². The predicted molar refractivity (Wildman–Crippen MR) is 107 cm³/mol. The number of benzene rings is 1. The van der Waals surface area contributed by atoms with Gasteiger partial charge < -0.3 is 14.4 Å². The van der Waals surface area contributed by atoms with E-state index in [0.29, 0.717) is 17.0 Å². The fourth-order valence-corrected chi connectivity index (χ4v) is 3.28. The van der Waals surface area contributed by atoms with Gasteiger partial charge in [0.25, 0.3) is 5.69 Å². The van der Waals surface area contributed by atoms with Crippen molar-refractivity contribution in [3.05, 3.63) is 75.1 Å². The van der Waals surface area contributed by atoms with Gasteiger partial charge in [-0.2, -0.15) is 0 Å². The number of nitro benzene ring substituents is 1. The van der Waals surface area contributed by atoms with Gasteiger partial charge in [-0.15, -0.1) is 0 Å². The third-order valence-corrected chi connectivity index (χ3v) is 4.83. The Bertz CT molecular complexity index is 916. The summed E-state index contributed by atoms with van der Waals surface area (Å²) in [6.45, 7) is 8.85. The lowest BCUT2D eigenvalue weighted by Crippen LogP contribution is -2.33. The molecule has 1 heterocycles. The summed E-state index contributed by atoms with van der Waals surface area (Å²) in [4.78, 5) is 38.2. The van der Waals surface area contributed by atoms with Crippen molar-refractivity contribution in [3.63, 3.8) is 0 Å². The highest BCUT2D eigenvalue weighted by Crippen LogP contribution is 2.42. The van der Waals surface area contributed by atoms with Crippen LogP contribution in [0.25, 0.3) is 0 Å². The molecule has 0 spiro atoms. The number of rotatable bonds is 7. The second-order valence-electron chi connectivity index (χ2n) is 6.45. The van der Waals surface area contributed by atoms with Gasteiger partial charge in [0.05, 0.1) is 28.6 Å². The van der Waals surface area contributed by atoms with Gasteiger partial charge in [-0.25, -0.2) is 9.59 Å². The number of non-ortho nitro benzene ring substituents is 1. The first-order valence-electron chi connectivity index (χ1n) is 9.09. The van der Waals surface area contributed by atoms with Crippen LogP contribution in [0.2, 0.25) is 0 Å². The first kappa shape index (κ1) is 21.9. The summed E-state index contributed by atoms with van der Waals surface area (Å²) in [6.07, 6.45) is 1.44. The van der Waals surface area contributed by atoms with Crippen LogP contribution in [-0.2, 0) is 19.1 Å². The molecule has 0 saturated carbocycles. The molecule has 0 amide bonds. The Hall–Kier alpha value is -3.42. The van der Waals surface area contributed by atoms with Crippen molar-refractivity contribution in [2.24, 2.45) is 0 Å². The molecule has 0 fully saturated rings. The van der Waals surface area contributed by atoms with E-state index in [-0.39, 0.29) is 30.0 Å². The fourth-order valence-electron chi connectivity index (χ4n) is 3.28. The van der Waals surface area contributed by atoms with Crippen LogP contribution in [-0.4, -0.2) is 42.0 Å². The first-order valence-corrected chi connectivity index (χ1v) is 9.09. The second-order valence-corrected chi connectivity index (χ2v) is 6.45. The van der Waals surface area contributed by atoms with Crippen LogP contribution in [0.5, 0.6) is 0 Å². The zero-order valence-electron chi connectivity index (χ0n) is 16.9. The topological polar surface area (TPSA) is 99.0 Å². The zero-order chi connectivity index (χ0) is 21.7. The van der Waals surface area contributed by atoms with E-state index in [1.54, 1.807) is 38.8 Å². The number of nitro groups is 1. The van der Waals surface area contributed by atoms with E-state index in [0.717, 1.165) is 0 Å². The van der Waals surface area contributed by atoms with Gasteiger partial charge in [0, 0.05) is 30.6 Å². The number of ether oxygens (including phenoxy) is 2. The summed E-state index contributed by atoms with van der Waals surface area (Å²) in [5.74, 6) is -2.07. The molecule has 29 heavy (non-hydrogen) atoms. The smallest absolute Gasteiger partial charge is 0.337 e. The molecule has 8 heteroatoms. The van der Waals surface area contributed by atoms with Crippen molar-refractivity contribution in [2.75, 3.05) is 20.3 Å². The highest BCUT2D eigenvalue weighted by molar-refractivity contribution is 6.00. The van der Waals surface area contributed by atoms with Crippen molar-refractivity contribution in [1.29, 1.82) is 0 Å². The molecule has 0 aliphatic carbocycles. The van der Waals surface area contributed by atoms with Gasteiger partial charge in [0.2, 0.25) is 0 Å². The van der Waals surface area contributed by atoms with Gasteiger partial charge >= 0.3 is 11.9 Å². The Balaban J connectivity index is 2.74. The minimum atomic E-state index is -0.859. The summed E-state index contributed by atoms with van der Waals surface area (Å²) in [7, 11) is 1.73. The SMILES string of the molecule is C=CCOC(=O)C1=C(C)N(C)C(C)=C(C(=O)OCC)C1c1cccc([N+](=O)[O-])c1. The second kappa shape index (κ2) is 9.18. The molecule has 1 aliphatic heterocycles. The molecule has 0 radical (unpaired) electrons. The molecule has 154 valence electrons. The molecule has 1 aliphatic rings.